The number of ketones is 2. The van der Waals surface area contributed by atoms with E-state index in [0.717, 1.165) is 19.1 Å². The van der Waals surface area contributed by atoms with E-state index < -0.39 is 47.1 Å². The first-order valence-corrected chi connectivity index (χ1v) is 11.9. The normalized spacial score (nSPS) is 27.0. The Bertz CT molecular complexity index is 1240. The van der Waals surface area contributed by atoms with Crippen molar-refractivity contribution in [2.75, 3.05) is 7.11 Å². The molecular weight excluding hydrogens is 478 g/mol. The molecule has 2 aromatic rings. The van der Waals surface area contributed by atoms with E-state index in [1.165, 1.54) is 25.1 Å². The number of ether oxygens (including phenoxy) is 2. The van der Waals surface area contributed by atoms with Gasteiger partial charge >= 0.3 is 0 Å². The summed E-state index contributed by atoms with van der Waals surface area (Å²) in [6.45, 7) is 1.31. The number of aliphatic hydroxyl groups is 3. The van der Waals surface area contributed by atoms with Crippen molar-refractivity contribution in [2.24, 2.45) is 0 Å². The van der Waals surface area contributed by atoms with Crippen LogP contribution in [0, 0.1) is 0 Å². The highest BCUT2D eigenvalue weighted by molar-refractivity contribution is 6.23. The number of benzene rings is 2. The van der Waals surface area contributed by atoms with E-state index in [4.69, 9.17) is 9.47 Å². The third kappa shape index (κ3) is 4.40. The molecule has 1 amide bonds. The highest BCUT2D eigenvalue weighted by Crippen LogP contribution is 2.44. The highest BCUT2D eigenvalue weighted by Gasteiger charge is 2.74. The minimum Gasteiger partial charge on any atom is -0.467 e. The van der Waals surface area contributed by atoms with Crippen LogP contribution in [0.4, 0.5) is 0 Å². The van der Waals surface area contributed by atoms with Gasteiger partial charge in [0.05, 0.1) is 0 Å². The zero-order chi connectivity index (χ0) is 26.8. The summed E-state index contributed by atoms with van der Waals surface area (Å²) in [4.78, 5) is 39.7. The standard InChI is InChI=1S/C28H29NO8/c1-17-22(21(31)20(30)16-10-9-13-18-11-5-3-6-12-18)37-27(23(17)32)25(34)28(36-2,29-26(27)35)24(33)19-14-7-4-8-15-19/h3-8,10-12,14-16,20-21,25,30-31,34H,9,13H2,1-2H3,(H,29,35)/b16-10+/t20-,21-,25+,27+,28+/m0/s1. The number of nitrogens with one attached hydrogen (secondary N) is 1. The minimum atomic E-state index is -2.56. The fourth-order valence-corrected chi connectivity index (χ4v) is 4.67. The third-order valence-electron chi connectivity index (χ3n) is 6.79. The molecule has 194 valence electrons. The Balaban J connectivity index is 1.53. The smallest absolute Gasteiger partial charge is 0.278 e. The molecule has 9 heteroatoms. The number of Topliss-reactive ketones (excluding diaryl/α,β-unsaturated/α-hetero) is 2. The van der Waals surface area contributed by atoms with Crippen molar-refractivity contribution in [1.82, 2.24) is 5.32 Å². The lowest BCUT2D eigenvalue weighted by atomic mass is 9.85. The second-order valence-corrected chi connectivity index (χ2v) is 9.04. The van der Waals surface area contributed by atoms with Crippen LogP contribution in [0.1, 0.15) is 29.3 Å². The van der Waals surface area contributed by atoms with Gasteiger partial charge in [0.15, 0.2) is 6.10 Å². The van der Waals surface area contributed by atoms with Gasteiger partial charge in [-0.15, -0.1) is 0 Å². The number of carbonyl (C=O) groups excluding carboxylic acids is 3. The van der Waals surface area contributed by atoms with Gasteiger partial charge in [-0.05, 0) is 25.3 Å². The van der Waals surface area contributed by atoms with Crippen LogP contribution in [0.5, 0.6) is 0 Å². The van der Waals surface area contributed by atoms with Crippen LogP contribution in [0.3, 0.4) is 0 Å². The average Bonchev–Trinajstić information content (AvgIpc) is 3.32. The van der Waals surface area contributed by atoms with Crippen LogP contribution in [0.2, 0.25) is 0 Å². The van der Waals surface area contributed by atoms with E-state index >= 15 is 0 Å². The fourth-order valence-electron chi connectivity index (χ4n) is 4.67. The molecule has 5 atom stereocenters. The van der Waals surface area contributed by atoms with Crippen molar-refractivity contribution in [3.63, 3.8) is 0 Å². The van der Waals surface area contributed by atoms with E-state index in [9.17, 15) is 29.7 Å². The average molecular weight is 508 g/mol. The Labute approximate surface area is 214 Å². The number of carbonyl (C=O) groups is 3. The third-order valence-corrected chi connectivity index (χ3v) is 6.79. The summed E-state index contributed by atoms with van der Waals surface area (Å²) in [6, 6.07) is 17.6. The lowest BCUT2D eigenvalue weighted by Gasteiger charge is -2.32. The molecule has 2 aliphatic rings. The Morgan fingerprint density at radius 3 is 2.35 bits per heavy atom. The summed E-state index contributed by atoms with van der Waals surface area (Å²) in [5, 5.41) is 34.8. The van der Waals surface area contributed by atoms with Gasteiger partial charge in [0.25, 0.3) is 11.5 Å². The molecule has 4 N–H and O–H groups in total. The summed E-state index contributed by atoms with van der Waals surface area (Å²) in [5.74, 6) is -3.17. The first-order valence-electron chi connectivity index (χ1n) is 11.9. The molecule has 0 aliphatic carbocycles. The maximum atomic E-state index is 13.3. The van der Waals surface area contributed by atoms with E-state index in [1.807, 2.05) is 30.3 Å². The van der Waals surface area contributed by atoms with Crippen molar-refractivity contribution in [3.8, 4) is 0 Å². The second-order valence-electron chi connectivity index (χ2n) is 9.04. The van der Waals surface area contributed by atoms with E-state index in [-0.39, 0.29) is 16.9 Å². The van der Waals surface area contributed by atoms with Crippen molar-refractivity contribution in [2.45, 2.75) is 49.4 Å². The van der Waals surface area contributed by atoms with Crippen molar-refractivity contribution in [1.29, 1.82) is 0 Å². The SMILES string of the molecule is CO[C@@]1(C(=O)c2ccccc2)NC(=O)[C@]2(OC([C@@H](O)[C@@H](O)/C=C/CCc3ccccc3)=C(C)C2=O)[C@H]1O. The second kappa shape index (κ2) is 10.4. The number of aliphatic hydroxyl groups excluding tert-OH is 3. The largest absolute Gasteiger partial charge is 0.467 e. The van der Waals surface area contributed by atoms with E-state index in [2.05, 4.69) is 5.32 Å². The van der Waals surface area contributed by atoms with Crippen LogP contribution >= 0.6 is 0 Å². The molecule has 0 radical (unpaired) electrons. The summed E-state index contributed by atoms with van der Waals surface area (Å²) in [5.41, 5.74) is -3.77. The monoisotopic (exact) mass is 507 g/mol. The Kier molecular flexibility index (Phi) is 7.42. The lowest BCUT2D eigenvalue weighted by molar-refractivity contribution is -0.163. The maximum absolute atomic E-state index is 13.3. The van der Waals surface area contributed by atoms with Gasteiger partial charge in [-0.3, -0.25) is 14.4 Å². The van der Waals surface area contributed by atoms with Crippen molar-refractivity contribution in [3.05, 3.63) is 95.3 Å². The van der Waals surface area contributed by atoms with Gasteiger partial charge in [-0.25, -0.2) is 0 Å². The van der Waals surface area contributed by atoms with Crippen LogP contribution in [0.25, 0.3) is 0 Å². The van der Waals surface area contributed by atoms with E-state index in [0.29, 0.717) is 6.42 Å². The first kappa shape index (κ1) is 26.4. The molecule has 0 aromatic heterocycles. The molecule has 2 heterocycles. The Hall–Kier alpha value is -3.63. The minimum absolute atomic E-state index is 0.132. The van der Waals surface area contributed by atoms with Crippen LogP contribution in [-0.4, -0.2) is 69.5 Å². The molecule has 0 saturated carbocycles. The zero-order valence-electron chi connectivity index (χ0n) is 20.5. The van der Waals surface area contributed by atoms with Crippen molar-refractivity contribution < 1.29 is 39.2 Å². The number of methoxy groups -OCH3 is 1. The van der Waals surface area contributed by atoms with Gasteiger partial charge < -0.3 is 30.1 Å². The molecular formula is C28H29NO8. The fraction of sp³-hybridized carbons (Fsp3) is 0.321. The molecule has 2 aliphatic heterocycles. The van der Waals surface area contributed by atoms with Crippen LogP contribution < -0.4 is 5.32 Å². The lowest BCUT2D eigenvalue weighted by Crippen LogP contribution is -2.60. The number of aryl methyl sites for hydroxylation is 1. The van der Waals surface area contributed by atoms with Crippen LogP contribution in [0.15, 0.2) is 84.1 Å². The predicted octanol–water partition coefficient (Wildman–Crippen LogP) is 1.23. The quantitative estimate of drug-likeness (QED) is 0.226. The summed E-state index contributed by atoms with van der Waals surface area (Å²) < 4.78 is 11.0. The zero-order valence-corrected chi connectivity index (χ0v) is 20.5. The predicted molar refractivity (Wildman–Crippen MR) is 132 cm³/mol. The van der Waals surface area contributed by atoms with Gasteiger partial charge in [-0.2, -0.15) is 0 Å². The van der Waals surface area contributed by atoms with E-state index in [1.54, 1.807) is 24.3 Å². The summed E-state index contributed by atoms with van der Waals surface area (Å²) >= 11 is 0. The highest BCUT2D eigenvalue weighted by atomic mass is 16.6. The number of hydrogen-bond donors (Lipinski definition) is 4. The van der Waals surface area contributed by atoms with Gasteiger partial charge in [0.2, 0.25) is 17.3 Å². The number of amides is 1. The molecule has 1 spiro atoms. The van der Waals surface area contributed by atoms with Gasteiger partial charge in [-0.1, -0.05) is 72.8 Å². The molecule has 9 nitrogen and oxygen atoms in total. The summed E-state index contributed by atoms with van der Waals surface area (Å²) in [6.07, 6.45) is -0.862. The molecule has 4 rings (SSSR count). The number of rotatable bonds is 9. The molecule has 1 saturated heterocycles. The number of allylic oxidation sites excluding steroid dienone is 1. The Morgan fingerprint density at radius 2 is 1.73 bits per heavy atom. The van der Waals surface area contributed by atoms with Crippen LogP contribution in [-0.2, 0) is 25.5 Å². The Morgan fingerprint density at radius 1 is 1.11 bits per heavy atom. The number of hydrogen-bond acceptors (Lipinski definition) is 8. The molecule has 37 heavy (non-hydrogen) atoms. The maximum Gasteiger partial charge on any atom is 0.278 e. The molecule has 0 unspecified atom stereocenters. The first-order chi connectivity index (χ1) is 17.7. The topological polar surface area (TPSA) is 142 Å². The summed E-state index contributed by atoms with van der Waals surface area (Å²) in [7, 11) is 1.11. The molecule has 0 bridgehead atoms. The van der Waals surface area contributed by atoms with Gasteiger partial charge in [0.1, 0.15) is 18.0 Å². The molecule has 2 aromatic carbocycles. The van der Waals surface area contributed by atoms with Crippen molar-refractivity contribution >= 4 is 17.5 Å². The molecule has 1 fully saturated rings. The van der Waals surface area contributed by atoms with Gasteiger partial charge in [0, 0.05) is 18.2 Å².